The number of guanidine groups is 1. The molecule has 142 valence electrons. The Bertz CT molecular complexity index is 902. The van der Waals surface area contributed by atoms with Crippen LogP contribution in [0.3, 0.4) is 0 Å². The molecule has 0 radical (unpaired) electrons. The number of hydrogen-bond donors (Lipinski definition) is 2. The molecule has 1 aromatic carbocycles. The zero-order chi connectivity index (χ0) is 19.1. The number of para-hydroxylation sites is 1. The number of benzene rings is 1. The molecular weight excluding hydrogens is 340 g/mol. The minimum Gasteiger partial charge on any atom is -0.491 e. The van der Waals surface area contributed by atoms with E-state index in [1.165, 1.54) is 5.56 Å². The molecule has 7 heteroatoms. The molecule has 0 aliphatic carbocycles. The molecule has 0 unspecified atom stereocenters. The summed E-state index contributed by atoms with van der Waals surface area (Å²) in [6.07, 6.45) is 1.95. The van der Waals surface area contributed by atoms with Gasteiger partial charge in [-0.1, -0.05) is 38.1 Å². The summed E-state index contributed by atoms with van der Waals surface area (Å²) in [5.74, 6) is 2.90. The van der Waals surface area contributed by atoms with Crippen molar-refractivity contribution in [3.8, 4) is 5.75 Å². The van der Waals surface area contributed by atoms with Crippen molar-refractivity contribution in [2.24, 2.45) is 4.99 Å². The molecule has 0 bridgehead atoms. The molecule has 2 N–H and O–H groups in total. The zero-order valence-corrected chi connectivity index (χ0v) is 16.0. The molecule has 0 atom stereocenters. The molecule has 2 heterocycles. The van der Waals surface area contributed by atoms with Crippen LogP contribution >= 0.6 is 0 Å². The largest absolute Gasteiger partial charge is 0.491 e. The van der Waals surface area contributed by atoms with Gasteiger partial charge in [-0.25, -0.2) is 0 Å². The first-order valence-electron chi connectivity index (χ1n) is 9.14. The highest BCUT2D eigenvalue weighted by molar-refractivity contribution is 5.79. The van der Waals surface area contributed by atoms with Crippen LogP contribution in [0, 0.1) is 0 Å². The molecule has 27 heavy (non-hydrogen) atoms. The van der Waals surface area contributed by atoms with Crippen LogP contribution in [-0.2, 0) is 6.54 Å². The summed E-state index contributed by atoms with van der Waals surface area (Å²) in [7, 11) is 1.74. The van der Waals surface area contributed by atoms with Gasteiger partial charge in [0.05, 0.1) is 13.1 Å². The lowest BCUT2D eigenvalue weighted by molar-refractivity contribution is 0.317. The minimum absolute atomic E-state index is 0.432. The normalized spacial score (nSPS) is 11.8. The van der Waals surface area contributed by atoms with Gasteiger partial charge in [0.2, 0.25) is 0 Å². The number of fused-ring (bicyclic) bond motifs is 1. The van der Waals surface area contributed by atoms with Crippen LogP contribution in [0.4, 0.5) is 0 Å². The van der Waals surface area contributed by atoms with Gasteiger partial charge in [0, 0.05) is 13.2 Å². The molecule has 0 fully saturated rings. The van der Waals surface area contributed by atoms with Gasteiger partial charge in [-0.05, 0) is 29.7 Å². The highest BCUT2D eigenvalue weighted by atomic mass is 16.5. The van der Waals surface area contributed by atoms with E-state index in [1.807, 2.05) is 47.0 Å². The van der Waals surface area contributed by atoms with E-state index in [4.69, 9.17) is 4.74 Å². The van der Waals surface area contributed by atoms with Crippen molar-refractivity contribution in [2.45, 2.75) is 26.3 Å². The first-order valence-corrected chi connectivity index (χ1v) is 9.14. The molecule has 2 aromatic heterocycles. The highest BCUT2D eigenvalue weighted by Crippen LogP contribution is 2.25. The first-order chi connectivity index (χ1) is 13.2. The van der Waals surface area contributed by atoms with Crippen LogP contribution in [-0.4, -0.2) is 40.8 Å². The second kappa shape index (κ2) is 9.02. The number of rotatable bonds is 7. The summed E-state index contributed by atoms with van der Waals surface area (Å²) in [5.41, 5.74) is 2.05. The van der Waals surface area contributed by atoms with Crippen LogP contribution in [0.15, 0.2) is 53.7 Å². The average molecular weight is 366 g/mol. The maximum atomic E-state index is 5.93. The van der Waals surface area contributed by atoms with Gasteiger partial charge in [-0.3, -0.25) is 9.39 Å². The van der Waals surface area contributed by atoms with E-state index >= 15 is 0 Å². The van der Waals surface area contributed by atoms with Gasteiger partial charge in [0.1, 0.15) is 12.4 Å². The first kappa shape index (κ1) is 18.7. The fourth-order valence-electron chi connectivity index (χ4n) is 2.81. The lowest BCUT2D eigenvalue weighted by Crippen LogP contribution is -2.39. The molecule has 3 rings (SSSR count). The number of hydrogen-bond acceptors (Lipinski definition) is 4. The Morgan fingerprint density at radius 1 is 1.11 bits per heavy atom. The predicted molar refractivity (Wildman–Crippen MR) is 107 cm³/mol. The van der Waals surface area contributed by atoms with Gasteiger partial charge in [-0.15, -0.1) is 10.2 Å². The van der Waals surface area contributed by atoms with Gasteiger partial charge >= 0.3 is 0 Å². The smallest absolute Gasteiger partial charge is 0.191 e. The Labute approximate surface area is 159 Å². The summed E-state index contributed by atoms with van der Waals surface area (Å²) in [6, 6.07) is 14.0. The summed E-state index contributed by atoms with van der Waals surface area (Å²) < 4.78 is 7.88. The molecule has 0 aliphatic rings. The molecule has 3 aromatic rings. The van der Waals surface area contributed by atoms with E-state index in [9.17, 15) is 0 Å². The molecule has 0 amide bonds. The fraction of sp³-hybridized carbons (Fsp3) is 0.350. The number of pyridine rings is 1. The van der Waals surface area contributed by atoms with Crippen LogP contribution < -0.4 is 15.4 Å². The summed E-state index contributed by atoms with van der Waals surface area (Å²) in [5, 5.41) is 14.9. The van der Waals surface area contributed by atoms with Crippen molar-refractivity contribution < 1.29 is 4.74 Å². The molecule has 0 saturated heterocycles. The third-order valence-electron chi connectivity index (χ3n) is 4.21. The van der Waals surface area contributed by atoms with Gasteiger partial charge in [0.25, 0.3) is 0 Å². The summed E-state index contributed by atoms with van der Waals surface area (Å²) >= 11 is 0. The summed E-state index contributed by atoms with van der Waals surface area (Å²) in [6.45, 7) is 6.06. The van der Waals surface area contributed by atoms with Crippen molar-refractivity contribution in [2.75, 3.05) is 20.2 Å². The molecular formula is C20H26N6O. The standard InChI is InChI=1S/C20H26N6O/c1-15(2)16-8-4-5-9-17(16)27-13-11-22-20(21-3)23-14-19-25-24-18-10-6-7-12-26(18)19/h4-10,12,15H,11,13-14H2,1-3H3,(H2,21,22,23). The Balaban J connectivity index is 1.47. The Kier molecular flexibility index (Phi) is 6.25. The quantitative estimate of drug-likeness (QED) is 0.382. The highest BCUT2D eigenvalue weighted by Gasteiger charge is 2.07. The predicted octanol–water partition coefficient (Wildman–Crippen LogP) is 2.60. The fourth-order valence-corrected chi connectivity index (χ4v) is 2.81. The van der Waals surface area contributed by atoms with Crippen molar-refractivity contribution in [3.05, 3.63) is 60.0 Å². The Hall–Kier alpha value is -3.09. The van der Waals surface area contributed by atoms with Crippen molar-refractivity contribution in [1.82, 2.24) is 25.2 Å². The van der Waals surface area contributed by atoms with E-state index in [2.05, 4.69) is 45.7 Å². The zero-order valence-electron chi connectivity index (χ0n) is 16.0. The third kappa shape index (κ3) is 4.75. The average Bonchev–Trinajstić information content (AvgIpc) is 3.11. The van der Waals surface area contributed by atoms with E-state index < -0.39 is 0 Å². The number of nitrogens with zero attached hydrogens (tertiary/aromatic N) is 4. The Morgan fingerprint density at radius 3 is 2.74 bits per heavy atom. The van der Waals surface area contributed by atoms with E-state index in [1.54, 1.807) is 7.05 Å². The molecule has 0 spiro atoms. The van der Waals surface area contributed by atoms with Crippen LogP contribution in [0.25, 0.3) is 5.65 Å². The van der Waals surface area contributed by atoms with Gasteiger partial charge in [-0.2, -0.15) is 0 Å². The topological polar surface area (TPSA) is 75.8 Å². The lowest BCUT2D eigenvalue weighted by atomic mass is 10.0. The summed E-state index contributed by atoms with van der Waals surface area (Å²) in [4.78, 5) is 4.24. The van der Waals surface area contributed by atoms with Crippen molar-refractivity contribution in [1.29, 1.82) is 0 Å². The maximum Gasteiger partial charge on any atom is 0.191 e. The van der Waals surface area contributed by atoms with Gasteiger partial charge < -0.3 is 15.4 Å². The lowest BCUT2D eigenvalue weighted by Gasteiger charge is -2.15. The number of aliphatic imine (C=N–C) groups is 1. The van der Waals surface area contributed by atoms with E-state index in [0.717, 1.165) is 17.2 Å². The SMILES string of the molecule is CN=C(NCCOc1ccccc1C(C)C)NCc1nnc2ccccn12. The van der Waals surface area contributed by atoms with E-state index in [-0.39, 0.29) is 0 Å². The van der Waals surface area contributed by atoms with Crippen molar-refractivity contribution in [3.63, 3.8) is 0 Å². The number of nitrogens with one attached hydrogen (secondary N) is 2. The number of ether oxygens (including phenoxy) is 1. The van der Waals surface area contributed by atoms with Crippen LogP contribution in [0.2, 0.25) is 0 Å². The maximum absolute atomic E-state index is 5.93. The second-order valence-electron chi connectivity index (χ2n) is 6.44. The van der Waals surface area contributed by atoms with Crippen LogP contribution in [0.5, 0.6) is 5.75 Å². The van der Waals surface area contributed by atoms with Gasteiger partial charge in [0.15, 0.2) is 17.4 Å². The third-order valence-corrected chi connectivity index (χ3v) is 4.21. The van der Waals surface area contributed by atoms with Crippen LogP contribution in [0.1, 0.15) is 31.2 Å². The number of aromatic nitrogens is 3. The Morgan fingerprint density at radius 2 is 1.93 bits per heavy atom. The second-order valence-corrected chi connectivity index (χ2v) is 6.44. The molecule has 0 saturated carbocycles. The molecule has 0 aliphatic heterocycles. The van der Waals surface area contributed by atoms with E-state index in [0.29, 0.717) is 31.6 Å². The van der Waals surface area contributed by atoms with Crippen molar-refractivity contribution >= 4 is 11.6 Å². The monoisotopic (exact) mass is 366 g/mol. The molecule has 7 nitrogen and oxygen atoms in total. The minimum atomic E-state index is 0.432.